The lowest BCUT2D eigenvalue weighted by atomic mass is 10.1. The second kappa shape index (κ2) is 4.14. The van der Waals surface area contributed by atoms with Crippen molar-refractivity contribution in [2.24, 2.45) is 0 Å². The molecule has 0 atom stereocenters. The monoisotopic (exact) mass is 220 g/mol. The molecule has 0 saturated carbocycles. The van der Waals surface area contributed by atoms with Crippen LogP contribution in [0.2, 0.25) is 0 Å². The highest BCUT2D eigenvalue weighted by Crippen LogP contribution is 2.09. The molecule has 1 aromatic carbocycles. The molecule has 16 heavy (non-hydrogen) atoms. The molecule has 1 aromatic heterocycles. The highest BCUT2D eigenvalue weighted by atomic mass is 19.1. The number of nitrogens with zero attached hydrogens (tertiary/aromatic N) is 2. The number of halogens is 1. The smallest absolute Gasteiger partial charge is 0.432 e. The maximum Gasteiger partial charge on any atom is 0.432 e. The molecule has 2 rings (SSSR count). The van der Waals surface area contributed by atoms with Crippen molar-refractivity contribution in [2.75, 3.05) is 0 Å². The molecule has 1 N–H and O–H groups in total. The van der Waals surface area contributed by atoms with Gasteiger partial charge in [-0.05, 0) is 23.3 Å². The third-order valence-electron chi connectivity index (χ3n) is 2.15. The van der Waals surface area contributed by atoms with Gasteiger partial charge in [0.2, 0.25) is 0 Å². The fourth-order valence-electron chi connectivity index (χ4n) is 1.39. The number of rotatable bonds is 2. The van der Waals surface area contributed by atoms with Gasteiger partial charge in [0.25, 0.3) is 0 Å². The second-order valence-electron chi connectivity index (χ2n) is 3.38. The fraction of sp³-hybridized carbons (Fsp3) is 0.0909. The van der Waals surface area contributed by atoms with Gasteiger partial charge >= 0.3 is 6.09 Å². The van der Waals surface area contributed by atoms with E-state index in [1.165, 1.54) is 24.5 Å². The van der Waals surface area contributed by atoms with Crippen molar-refractivity contribution in [3.05, 3.63) is 53.6 Å². The maximum atomic E-state index is 12.6. The Morgan fingerprint density at radius 2 is 2.00 bits per heavy atom. The summed E-state index contributed by atoms with van der Waals surface area (Å²) in [4.78, 5) is 10.6. The lowest BCUT2D eigenvalue weighted by Crippen LogP contribution is -2.07. The molecule has 82 valence electrons. The minimum absolute atomic E-state index is 0.287. The van der Waals surface area contributed by atoms with E-state index in [4.69, 9.17) is 5.11 Å². The summed E-state index contributed by atoms with van der Waals surface area (Å²) in [6.45, 7) is 0. The van der Waals surface area contributed by atoms with Crippen LogP contribution in [0.1, 0.15) is 11.1 Å². The quantitative estimate of drug-likeness (QED) is 0.843. The molecule has 1 heterocycles. The first kappa shape index (κ1) is 10.4. The van der Waals surface area contributed by atoms with Crippen LogP contribution in [0.15, 0.2) is 36.7 Å². The highest BCUT2D eigenvalue weighted by Gasteiger charge is 2.04. The molecule has 0 aliphatic rings. The topological polar surface area (TPSA) is 55.1 Å². The van der Waals surface area contributed by atoms with Crippen LogP contribution in [0.4, 0.5) is 9.18 Å². The van der Waals surface area contributed by atoms with Gasteiger partial charge in [0.1, 0.15) is 5.82 Å². The van der Waals surface area contributed by atoms with Gasteiger partial charge in [-0.3, -0.25) is 0 Å². The Bertz CT molecular complexity index is 505. The molecule has 0 radical (unpaired) electrons. The van der Waals surface area contributed by atoms with Crippen molar-refractivity contribution in [1.29, 1.82) is 0 Å². The van der Waals surface area contributed by atoms with E-state index in [0.717, 1.165) is 15.8 Å². The Kier molecular flexibility index (Phi) is 2.68. The summed E-state index contributed by atoms with van der Waals surface area (Å²) in [7, 11) is 0. The first-order valence-corrected chi connectivity index (χ1v) is 4.66. The molecule has 0 bridgehead atoms. The summed E-state index contributed by atoms with van der Waals surface area (Å²) in [6.07, 6.45) is 2.34. The summed E-state index contributed by atoms with van der Waals surface area (Å²) in [5, 5.41) is 12.3. The fourth-order valence-corrected chi connectivity index (χ4v) is 1.39. The number of benzene rings is 1. The predicted molar refractivity (Wildman–Crippen MR) is 54.9 cm³/mol. The molecule has 5 heteroatoms. The van der Waals surface area contributed by atoms with Crippen LogP contribution in [-0.4, -0.2) is 21.0 Å². The zero-order valence-electron chi connectivity index (χ0n) is 8.30. The molecule has 0 amide bonds. The predicted octanol–water partition coefficient (Wildman–Crippen LogP) is 2.14. The van der Waals surface area contributed by atoms with Gasteiger partial charge in [-0.15, -0.1) is 0 Å². The van der Waals surface area contributed by atoms with Gasteiger partial charge in [0.05, 0.1) is 6.20 Å². The van der Waals surface area contributed by atoms with Crippen LogP contribution in [0.3, 0.4) is 0 Å². The van der Waals surface area contributed by atoms with Crippen molar-refractivity contribution in [3.8, 4) is 0 Å². The van der Waals surface area contributed by atoms with Crippen molar-refractivity contribution < 1.29 is 14.3 Å². The minimum atomic E-state index is -1.12. The third-order valence-corrected chi connectivity index (χ3v) is 2.15. The van der Waals surface area contributed by atoms with Crippen LogP contribution in [0, 0.1) is 5.82 Å². The molecule has 0 fully saturated rings. The van der Waals surface area contributed by atoms with Crippen LogP contribution in [0.25, 0.3) is 0 Å². The lowest BCUT2D eigenvalue weighted by molar-refractivity contribution is 0.192. The number of carbonyl (C=O) groups is 1. The second-order valence-corrected chi connectivity index (χ2v) is 3.38. The summed E-state index contributed by atoms with van der Waals surface area (Å²) < 4.78 is 13.5. The summed E-state index contributed by atoms with van der Waals surface area (Å²) in [6, 6.07) is 6.06. The molecular formula is C11H9FN2O2. The van der Waals surface area contributed by atoms with Gasteiger partial charge in [-0.1, -0.05) is 12.1 Å². The largest absolute Gasteiger partial charge is 0.463 e. The number of hydrogen-bond donors (Lipinski definition) is 1. The van der Waals surface area contributed by atoms with Crippen molar-refractivity contribution in [1.82, 2.24) is 9.78 Å². The highest BCUT2D eigenvalue weighted by molar-refractivity contribution is 5.66. The van der Waals surface area contributed by atoms with E-state index in [0.29, 0.717) is 6.42 Å². The van der Waals surface area contributed by atoms with E-state index in [1.54, 1.807) is 12.1 Å². The lowest BCUT2D eigenvalue weighted by Gasteiger charge is -1.97. The van der Waals surface area contributed by atoms with Gasteiger partial charge < -0.3 is 5.11 Å². The average molecular weight is 220 g/mol. The zero-order valence-corrected chi connectivity index (χ0v) is 8.30. The summed E-state index contributed by atoms with van der Waals surface area (Å²) in [5.74, 6) is -0.287. The standard InChI is InChI=1S/C11H9FN2O2/c12-10-3-1-8(2-4-10)5-9-6-13-14(7-9)11(15)16/h1-4,6-7H,5H2,(H,15,16). The SMILES string of the molecule is O=C(O)n1cc(Cc2ccc(F)cc2)cn1. The molecule has 4 nitrogen and oxygen atoms in total. The number of carboxylic acid groups (broad SMARTS) is 1. The van der Waals surface area contributed by atoms with Crippen molar-refractivity contribution >= 4 is 6.09 Å². The normalized spacial score (nSPS) is 10.3. The molecule has 2 aromatic rings. The third kappa shape index (κ3) is 2.25. The summed E-state index contributed by atoms with van der Waals surface area (Å²) >= 11 is 0. The Labute approximate surface area is 90.9 Å². The molecule has 0 aliphatic heterocycles. The zero-order chi connectivity index (χ0) is 11.5. The number of aromatic nitrogens is 2. The van der Waals surface area contributed by atoms with Gasteiger partial charge in [0.15, 0.2) is 0 Å². The Balaban J connectivity index is 2.14. The molecule has 0 spiro atoms. The maximum absolute atomic E-state index is 12.6. The molecule has 0 aliphatic carbocycles. The van der Waals surface area contributed by atoms with E-state index in [1.807, 2.05) is 0 Å². The molecule has 0 saturated heterocycles. The van der Waals surface area contributed by atoms with Crippen LogP contribution in [-0.2, 0) is 6.42 Å². The Morgan fingerprint density at radius 1 is 1.31 bits per heavy atom. The van der Waals surface area contributed by atoms with Gasteiger partial charge in [-0.25, -0.2) is 9.18 Å². The van der Waals surface area contributed by atoms with Gasteiger partial charge in [-0.2, -0.15) is 9.78 Å². The first-order chi connectivity index (χ1) is 7.65. The van der Waals surface area contributed by atoms with Crippen LogP contribution < -0.4 is 0 Å². The molecular weight excluding hydrogens is 211 g/mol. The summed E-state index contributed by atoms with van der Waals surface area (Å²) in [5.41, 5.74) is 1.68. The van der Waals surface area contributed by atoms with E-state index in [9.17, 15) is 9.18 Å². The van der Waals surface area contributed by atoms with Crippen LogP contribution in [0.5, 0.6) is 0 Å². The van der Waals surface area contributed by atoms with E-state index in [-0.39, 0.29) is 5.82 Å². The number of hydrogen-bond acceptors (Lipinski definition) is 2. The van der Waals surface area contributed by atoms with E-state index >= 15 is 0 Å². The Morgan fingerprint density at radius 3 is 2.56 bits per heavy atom. The molecule has 0 unspecified atom stereocenters. The first-order valence-electron chi connectivity index (χ1n) is 4.66. The van der Waals surface area contributed by atoms with Crippen molar-refractivity contribution in [2.45, 2.75) is 6.42 Å². The minimum Gasteiger partial charge on any atom is -0.463 e. The van der Waals surface area contributed by atoms with Crippen molar-refractivity contribution in [3.63, 3.8) is 0 Å². The Hall–Kier alpha value is -2.17. The van der Waals surface area contributed by atoms with Crippen LogP contribution >= 0.6 is 0 Å². The average Bonchev–Trinajstić information content (AvgIpc) is 2.70. The van der Waals surface area contributed by atoms with Gasteiger partial charge in [0, 0.05) is 12.6 Å². The van der Waals surface area contributed by atoms with E-state index < -0.39 is 6.09 Å². The van der Waals surface area contributed by atoms with E-state index in [2.05, 4.69) is 5.10 Å².